The van der Waals surface area contributed by atoms with Gasteiger partial charge in [-0.3, -0.25) is 4.98 Å². The van der Waals surface area contributed by atoms with E-state index in [0.717, 1.165) is 6.07 Å². The fourth-order valence-corrected chi connectivity index (χ4v) is 1.33. The third-order valence-corrected chi connectivity index (χ3v) is 1.97. The molecule has 0 aliphatic rings. The second kappa shape index (κ2) is 3.42. The predicted molar refractivity (Wildman–Crippen MR) is 49.0 cm³/mol. The van der Waals surface area contributed by atoms with E-state index in [1.54, 1.807) is 12.1 Å². The van der Waals surface area contributed by atoms with E-state index >= 15 is 0 Å². The van der Waals surface area contributed by atoms with Gasteiger partial charge in [-0.15, -0.1) is 0 Å². The van der Waals surface area contributed by atoms with Crippen LogP contribution < -0.4 is 0 Å². The molecule has 0 radical (unpaired) electrons. The molecule has 0 spiro atoms. The first-order valence-corrected chi connectivity index (χ1v) is 4.25. The lowest BCUT2D eigenvalue weighted by Crippen LogP contribution is -2.05. The third kappa shape index (κ3) is 1.86. The van der Waals surface area contributed by atoms with Gasteiger partial charge in [0.05, 0.1) is 17.0 Å². The first-order chi connectivity index (χ1) is 7.09. The van der Waals surface area contributed by atoms with E-state index in [2.05, 4.69) is 9.97 Å². The molecule has 0 aliphatic carbocycles. The van der Waals surface area contributed by atoms with Crippen molar-refractivity contribution in [3.63, 3.8) is 0 Å². The van der Waals surface area contributed by atoms with Gasteiger partial charge in [0.1, 0.15) is 0 Å². The van der Waals surface area contributed by atoms with Crippen molar-refractivity contribution in [3.8, 4) is 11.4 Å². The Morgan fingerprint density at radius 2 is 1.93 bits per heavy atom. The topological polar surface area (TPSA) is 28.7 Å². The van der Waals surface area contributed by atoms with Crippen molar-refractivity contribution in [2.24, 2.45) is 0 Å². The number of nitrogens with zero attached hydrogens (tertiary/aromatic N) is 1. The lowest BCUT2D eigenvalue weighted by Gasteiger charge is -2.06. The van der Waals surface area contributed by atoms with Gasteiger partial charge in [0.2, 0.25) is 0 Å². The van der Waals surface area contributed by atoms with Gasteiger partial charge in [-0.25, -0.2) is 0 Å². The molecule has 78 valence electrons. The smallest absolute Gasteiger partial charge is 0.359 e. The Bertz CT molecular complexity index is 445. The maximum atomic E-state index is 12.5. The van der Waals surface area contributed by atoms with Crippen molar-refractivity contribution < 1.29 is 13.2 Å². The molecule has 15 heavy (non-hydrogen) atoms. The average molecular weight is 212 g/mol. The summed E-state index contributed by atoms with van der Waals surface area (Å²) in [6, 6.07) is 5.83. The first-order valence-electron chi connectivity index (χ1n) is 4.25. The largest absolute Gasteiger partial charge is 0.418 e. The van der Waals surface area contributed by atoms with Gasteiger partial charge in [0.25, 0.3) is 0 Å². The molecule has 0 saturated heterocycles. The van der Waals surface area contributed by atoms with Crippen molar-refractivity contribution >= 4 is 0 Å². The normalized spacial score (nSPS) is 11.7. The van der Waals surface area contributed by atoms with E-state index < -0.39 is 11.7 Å². The van der Waals surface area contributed by atoms with Crippen LogP contribution in [-0.4, -0.2) is 9.97 Å². The van der Waals surface area contributed by atoms with Crippen molar-refractivity contribution in [2.45, 2.75) is 6.18 Å². The van der Waals surface area contributed by atoms with Gasteiger partial charge in [-0.2, -0.15) is 13.2 Å². The van der Waals surface area contributed by atoms with Gasteiger partial charge in [0.15, 0.2) is 0 Å². The predicted octanol–water partition coefficient (Wildman–Crippen LogP) is 3.10. The van der Waals surface area contributed by atoms with Crippen LogP contribution in [0.15, 0.2) is 36.7 Å². The molecule has 1 N–H and O–H groups in total. The maximum absolute atomic E-state index is 12.5. The van der Waals surface area contributed by atoms with Crippen molar-refractivity contribution in [3.05, 3.63) is 42.2 Å². The standard InChI is InChI=1S/C10H7F3N2/c11-10(12,13)7-4-6-15-9(7)8-3-1-2-5-14-8/h1-6,15H. The minimum absolute atomic E-state index is 0.00287. The van der Waals surface area contributed by atoms with E-state index in [9.17, 15) is 13.2 Å². The molecule has 2 nitrogen and oxygen atoms in total. The fourth-order valence-electron chi connectivity index (χ4n) is 1.33. The molecular formula is C10H7F3N2. The summed E-state index contributed by atoms with van der Waals surface area (Å²) in [5, 5.41) is 0. The monoisotopic (exact) mass is 212 g/mol. The highest BCUT2D eigenvalue weighted by atomic mass is 19.4. The Balaban J connectivity index is 2.51. The number of alkyl halides is 3. The number of hydrogen-bond donors (Lipinski definition) is 1. The van der Waals surface area contributed by atoms with Crippen LogP contribution in [-0.2, 0) is 6.18 Å². The van der Waals surface area contributed by atoms with Crippen molar-refractivity contribution in [1.29, 1.82) is 0 Å². The third-order valence-electron chi connectivity index (χ3n) is 1.97. The Morgan fingerprint density at radius 1 is 1.13 bits per heavy atom. The molecule has 0 bridgehead atoms. The van der Waals surface area contributed by atoms with Crippen LogP contribution in [0.4, 0.5) is 13.2 Å². The van der Waals surface area contributed by atoms with Gasteiger partial charge in [0, 0.05) is 12.4 Å². The van der Waals surface area contributed by atoms with Gasteiger partial charge >= 0.3 is 6.18 Å². The van der Waals surface area contributed by atoms with Crippen molar-refractivity contribution in [2.75, 3.05) is 0 Å². The van der Waals surface area contributed by atoms with Crippen LogP contribution in [0.1, 0.15) is 5.56 Å². The summed E-state index contributed by atoms with van der Waals surface area (Å²) in [5.74, 6) is 0. The summed E-state index contributed by atoms with van der Waals surface area (Å²) in [5.41, 5.74) is -0.404. The lowest BCUT2D eigenvalue weighted by atomic mass is 10.2. The molecule has 2 heterocycles. The Morgan fingerprint density at radius 3 is 2.53 bits per heavy atom. The molecule has 2 rings (SSSR count). The van der Waals surface area contributed by atoms with E-state index in [-0.39, 0.29) is 11.4 Å². The molecule has 2 aromatic heterocycles. The van der Waals surface area contributed by atoms with E-state index in [0.29, 0.717) is 0 Å². The second-order valence-corrected chi connectivity index (χ2v) is 2.98. The lowest BCUT2D eigenvalue weighted by molar-refractivity contribution is -0.137. The molecule has 0 fully saturated rings. The summed E-state index contributed by atoms with van der Waals surface area (Å²) >= 11 is 0. The summed E-state index contributed by atoms with van der Waals surface area (Å²) < 4.78 is 37.6. The molecule has 0 aromatic carbocycles. The van der Waals surface area contributed by atoms with E-state index in [4.69, 9.17) is 0 Å². The maximum Gasteiger partial charge on any atom is 0.418 e. The summed E-state index contributed by atoms with van der Waals surface area (Å²) in [4.78, 5) is 6.41. The summed E-state index contributed by atoms with van der Waals surface area (Å²) in [6.45, 7) is 0. The fraction of sp³-hybridized carbons (Fsp3) is 0.100. The zero-order valence-corrected chi connectivity index (χ0v) is 7.55. The quantitative estimate of drug-likeness (QED) is 0.773. The van der Waals surface area contributed by atoms with E-state index in [1.165, 1.54) is 18.5 Å². The minimum atomic E-state index is -4.35. The number of aromatic nitrogens is 2. The van der Waals surface area contributed by atoms with Gasteiger partial charge in [-0.05, 0) is 18.2 Å². The SMILES string of the molecule is FC(F)(F)c1cc[nH]c1-c1ccccn1. The molecule has 0 amide bonds. The molecule has 5 heteroatoms. The Hall–Kier alpha value is -1.78. The number of H-pyrrole nitrogens is 1. The number of halogens is 3. The summed E-state index contributed by atoms with van der Waals surface area (Å²) in [7, 11) is 0. The Kier molecular flexibility index (Phi) is 2.22. The number of pyridine rings is 1. The van der Waals surface area contributed by atoms with Crippen molar-refractivity contribution in [1.82, 2.24) is 9.97 Å². The van der Waals surface area contributed by atoms with Crippen LogP contribution >= 0.6 is 0 Å². The Labute approximate surface area is 83.8 Å². The van der Waals surface area contributed by atoms with E-state index in [1.807, 2.05) is 0 Å². The first kappa shape index (κ1) is 9.76. The average Bonchev–Trinajstić information content (AvgIpc) is 2.67. The van der Waals surface area contributed by atoms with Crippen LogP contribution in [0.3, 0.4) is 0 Å². The number of hydrogen-bond acceptors (Lipinski definition) is 1. The van der Waals surface area contributed by atoms with Crippen LogP contribution in [0.5, 0.6) is 0 Å². The highest BCUT2D eigenvalue weighted by Crippen LogP contribution is 2.35. The highest BCUT2D eigenvalue weighted by molar-refractivity contribution is 5.59. The molecule has 2 aromatic rings. The molecule has 0 atom stereocenters. The number of aromatic amines is 1. The van der Waals surface area contributed by atoms with Gasteiger partial charge < -0.3 is 4.98 Å². The molecular weight excluding hydrogens is 205 g/mol. The zero-order chi connectivity index (χ0) is 10.9. The summed E-state index contributed by atoms with van der Waals surface area (Å²) in [6.07, 6.45) is -1.64. The zero-order valence-electron chi connectivity index (χ0n) is 7.55. The second-order valence-electron chi connectivity index (χ2n) is 2.98. The molecule has 0 unspecified atom stereocenters. The highest BCUT2D eigenvalue weighted by Gasteiger charge is 2.34. The molecule has 0 saturated carbocycles. The van der Waals surface area contributed by atoms with Crippen LogP contribution in [0.2, 0.25) is 0 Å². The van der Waals surface area contributed by atoms with Crippen LogP contribution in [0.25, 0.3) is 11.4 Å². The van der Waals surface area contributed by atoms with Crippen LogP contribution in [0, 0.1) is 0 Å². The van der Waals surface area contributed by atoms with Gasteiger partial charge in [-0.1, -0.05) is 6.07 Å². The molecule has 0 aliphatic heterocycles. The minimum Gasteiger partial charge on any atom is -0.359 e. The number of rotatable bonds is 1. The number of nitrogens with one attached hydrogen (secondary N) is 1.